The first-order chi connectivity index (χ1) is 10.0. The van der Waals surface area contributed by atoms with Gasteiger partial charge in [0, 0.05) is 12.8 Å². The van der Waals surface area contributed by atoms with Gasteiger partial charge in [-0.3, -0.25) is 4.79 Å². The number of amides is 2. The fraction of sp³-hybridized carbons (Fsp3) is 0.467. The zero-order chi connectivity index (χ0) is 15.3. The fourth-order valence-electron chi connectivity index (χ4n) is 2.55. The zero-order valence-electron chi connectivity index (χ0n) is 12.0. The number of carboxylic acid groups (broad SMARTS) is 1. The number of nitrogens with one attached hydrogen (secondary N) is 2. The summed E-state index contributed by atoms with van der Waals surface area (Å²) >= 11 is 0. The van der Waals surface area contributed by atoms with E-state index < -0.39 is 11.5 Å². The predicted octanol–water partition coefficient (Wildman–Crippen LogP) is 2.35. The van der Waals surface area contributed by atoms with E-state index in [1.54, 1.807) is 13.2 Å². The van der Waals surface area contributed by atoms with Crippen molar-refractivity contribution in [2.45, 2.75) is 37.8 Å². The Hall–Kier alpha value is -2.08. The van der Waals surface area contributed by atoms with Crippen LogP contribution in [0.3, 0.4) is 0 Å². The molecular weight excluding hydrogens is 272 g/mol. The smallest absolute Gasteiger partial charge is 0.319 e. The quantitative estimate of drug-likeness (QED) is 0.751. The monoisotopic (exact) mass is 292 g/mol. The molecule has 1 fully saturated rings. The number of urea groups is 1. The van der Waals surface area contributed by atoms with Crippen molar-refractivity contribution in [1.82, 2.24) is 5.32 Å². The highest BCUT2D eigenvalue weighted by atomic mass is 16.5. The number of carbonyl (C=O) groups is 2. The van der Waals surface area contributed by atoms with Gasteiger partial charge in [-0.05, 0) is 37.0 Å². The highest BCUT2D eigenvalue weighted by Gasteiger charge is 2.40. The summed E-state index contributed by atoms with van der Waals surface area (Å²) in [5.74, 6) is -0.892. The third-order valence-electron chi connectivity index (χ3n) is 3.67. The molecule has 0 heterocycles. The Morgan fingerprint density at radius 3 is 2.71 bits per heavy atom. The van der Waals surface area contributed by atoms with Crippen LogP contribution >= 0.6 is 0 Å². The van der Waals surface area contributed by atoms with Crippen molar-refractivity contribution < 1.29 is 19.4 Å². The number of ether oxygens (including phenoxy) is 1. The van der Waals surface area contributed by atoms with E-state index >= 15 is 0 Å². The normalized spacial score (nSPS) is 15.9. The Morgan fingerprint density at radius 2 is 2.14 bits per heavy atom. The van der Waals surface area contributed by atoms with Crippen LogP contribution < -0.4 is 10.6 Å². The molecule has 0 atom stereocenters. The van der Waals surface area contributed by atoms with Crippen LogP contribution in [0.1, 0.15) is 31.2 Å². The Bertz CT molecular complexity index is 526. The first kappa shape index (κ1) is 15.3. The van der Waals surface area contributed by atoms with Gasteiger partial charge in [0.1, 0.15) is 0 Å². The minimum absolute atomic E-state index is 0.0376. The van der Waals surface area contributed by atoms with Gasteiger partial charge in [0.15, 0.2) is 0 Å². The maximum Gasteiger partial charge on any atom is 0.319 e. The molecule has 1 aliphatic rings. The van der Waals surface area contributed by atoms with Crippen LogP contribution in [-0.4, -0.2) is 29.8 Å². The van der Waals surface area contributed by atoms with Crippen molar-refractivity contribution in [3.63, 3.8) is 0 Å². The average molecular weight is 292 g/mol. The van der Waals surface area contributed by atoms with Crippen LogP contribution in [0.25, 0.3) is 0 Å². The van der Waals surface area contributed by atoms with Gasteiger partial charge in [-0.1, -0.05) is 12.1 Å². The number of hydrogen-bond donors (Lipinski definition) is 3. The van der Waals surface area contributed by atoms with Gasteiger partial charge >= 0.3 is 12.0 Å². The lowest BCUT2D eigenvalue weighted by Gasteiger charge is -2.41. The molecule has 3 N–H and O–H groups in total. The molecule has 1 aliphatic carbocycles. The van der Waals surface area contributed by atoms with Gasteiger partial charge < -0.3 is 20.5 Å². The second kappa shape index (κ2) is 6.58. The Labute approximate surface area is 123 Å². The first-order valence-corrected chi connectivity index (χ1v) is 6.92. The number of methoxy groups -OCH3 is 1. The van der Waals surface area contributed by atoms with Crippen LogP contribution in [0.4, 0.5) is 10.5 Å². The molecule has 0 aliphatic heterocycles. The molecular formula is C15H20N2O4. The summed E-state index contributed by atoms with van der Waals surface area (Å²) in [5.41, 5.74) is 1.02. The van der Waals surface area contributed by atoms with Crippen molar-refractivity contribution in [1.29, 1.82) is 0 Å². The molecule has 2 rings (SSSR count). The Balaban J connectivity index is 1.95. The third-order valence-corrected chi connectivity index (χ3v) is 3.67. The molecule has 0 saturated heterocycles. The highest BCUT2D eigenvalue weighted by Crippen LogP contribution is 2.34. The lowest BCUT2D eigenvalue weighted by Crippen LogP contribution is -2.55. The summed E-state index contributed by atoms with van der Waals surface area (Å²) < 4.78 is 5.05. The number of rotatable bonds is 6. The molecule has 2 amide bonds. The molecule has 0 unspecified atom stereocenters. The third kappa shape index (κ3) is 4.19. The number of benzene rings is 1. The van der Waals surface area contributed by atoms with Crippen molar-refractivity contribution in [2.24, 2.45) is 0 Å². The van der Waals surface area contributed by atoms with Gasteiger partial charge in [-0.2, -0.15) is 0 Å². The van der Waals surface area contributed by atoms with Crippen LogP contribution in [0.15, 0.2) is 24.3 Å². The van der Waals surface area contributed by atoms with Crippen molar-refractivity contribution in [3.8, 4) is 0 Å². The van der Waals surface area contributed by atoms with E-state index in [1.165, 1.54) is 0 Å². The maximum atomic E-state index is 12.0. The van der Waals surface area contributed by atoms with E-state index in [1.807, 2.05) is 18.2 Å². The summed E-state index contributed by atoms with van der Waals surface area (Å²) in [4.78, 5) is 22.9. The van der Waals surface area contributed by atoms with E-state index in [0.717, 1.165) is 12.0 Å². The standard InChI is InChI=1S/C15H20N2O4/c1-21-10-11-4-2-5-12(8-11)16-14(20)17-15(6-3-7-15)9-13(18)19/h2,4-5,8H,3,6-7,9-10H2,1H3,(H,18,19)(H2,16,17,20). The Kier molecular flexibility index (Phi) is 4.80. The minimum Gasteiger partial charge on any atom is -0.481 e. The number of carbonyl (C=O) groups excluding carboxylic acids is 1. The molecule has 114 valence electrons. The largest absolute Gasteiger partial charge is 0.481 e. The molecule has 6 nitrogen and oxygen atoms in total. The lowest BCUT2D eigenvalue weighted by molar-refractivity contribution is -0.139. The van der Waals surface area contributed by atoms with E-state index in [-0.39, 0.29) is 12.5 Å². The second-order valence-electron chi connectivity index (χ2n) is 5.42. The predicted molar refractivity (Wildman–Crippen MR) is 78.1 cm³/mol. The van der Waals surface area contributed by atoms with Gasteiger partial charge in [0.2, 0.25) is 0 Å². The maximum absolute atomic E-state index is 12.0. The summed E-state index contributed by atoms with van der Waals surface area (Å²) in [7, 11) is 1.61. The van der Waals surface area contributed by atoms with Gasteiger partial charge in [0.25, 0.3) is 0 Å². The van der Waals surface area contributed by atoms with Crippen LogP contribution in [0.5, 0.6) is 0 Å². The van der Waals surface area contributed by atoms with Crippen LogP contribution in [-0.2, 0) is 16.1 Å². The molecule has 1 aromatic carbocycles. The van der Waals surface area contributed by atoms with Gasteiger partial charge in [-0.25, -0.2) is 4.79 Å². The molecule has 1 saturated carbocycles. The molecule has 1 aromatic rings. The lowest BCUT2D eigenvalue weighted by atomic mass is 9.74. The number of hydrogen-bond acceptors (Lipinski definition) is 3. The molecule has 21 heavy (non-hydrogen) atoms. The zero-order valence-corrected chi connectivity index (χ0v) is 12.0. The van der Waals surface area contributed by atoms with Crippen LogP contribution in [0.2, 0.25) is 0 Å². The molecule has 0 spiro atoms. The number of anilines is 1. The summed E-state index contributed by atoms with van der Waals surface area (Å²) in [5, 5.41) is 14.5. The van der Waals surface area contributed by atoms with Crippen molar-refractivity contribution in [3.05, 3.63) is 29.8 Å². The second-order valence-corrected chi connectivity index (χ2v) is 5.42. The van der Waals surface area contributed by atoms with E-state index in [2.05, 4.69) is 10.6 Å². The summed E-state index contributed by atoms with van der Waals surface area (Å²) in [6.07, 6.45) is 2.31. The molecule has 0 radical (unpaired) electrons. The molecule has 0 bridgehead atoms. The molecule has 0 aromatic heterocycles. The SMILES string of the molecule is COCc1cccc(NC(=O)NC2(CC(=O)O)CCC2)c1. The molecule has 6 heteroatoms. The Morgan fingerprint density at radius 1 is 1.38 bits per heavy atom. The minimum atomic E-state index is -0.892. The van der Waals surface area contributed by atoms with E-state index in [9.17, 15) is 9.59 Å². The van der Waals surface area contributed by atoms with Gasteiger partial charge in [0.05, 0.1) is 18.6 Å². The van der Waals surface area contributed by atoms with Gasteiger partial charge in [-0.15, -0.1) is 0 Å². The van der Waals surface area contributed by atoms with E-state index in [4.69, 9.17) is 9.84 Å². The van der Waals surface area contributed by atoms with Crippen molar-refractivity contribution in [2.75, 3.05) is 12.4 Å². The van der Waals surface area contributed by atoms with Crippen LogP contribution in [0, 0.1) is 0 Å². The summed E-state index contributed by atoms with van der Waals surface area (Å²) in [6.45, 7) is 0.472. The summed E-state index contributed by atoms with van der Waals surface area (Å²) in [6, 6.07) is 6.98. The number of carboxylic acids is 1. The average Bonchev–Trinajstić information content (AvgIpc) is 2.36. The topological polar surface area (TPSA) is 87.7 Å². The first-order valence-electron chi connectivity index (χ1n) is 6.92. The highest BCUT2D eigenvalue weighted by molar-refractivity contribution is 5.90. The van der Waals surface area contributed by atoms with Crippen molar-refractivity contribution >= 4 is 17.7 Å². The van der Waals surface area contributed by atoms with E-state index in [0.29, 0.717) is 25.1 Å². The fourth-order valence-corrected chi connectivity index (χ4v) is 2.55. The number of aliphatic carboxylic acids is 1.